The van der Waals surface area contributed by atoms with Gasteiger partial charge in [0.1, 0.15) is 5.75 Å². The molecule has 0 saturated heterocycles. The summed E-state index contributed by atoms with van der Waals surface area (Å²) in [7, 11) is 0. The summed E-state index contributed by atoms with van der Waals surface area (Å²) in [4.78, 5) is 11.8. The average Bonchev–Trinajstić information content (AvgIpc) is 2.52. The molecule has 2 aromatic rings. The number of hydrogen-bond donors (Lipinski definition) is 1. The van der Waals surface area contributed by atoms with Crippen LogP contribution < -0.4 is 10.1 Å². The van der Waals surface area contributed by atoms with Crippen LogP contribution in [0.5, 0.6) is 5.75 Å². The summed E-state index contributed by atoms with van der Waals surface area (Å²) < 4.78 is 5.59. The molecule has 2 aromatic carbocycles. The molecule has 23 heavy (non-hydrogen) atoms. The first-order chi connectivity index (χ1) is 11.0. The molecule has 122 valence electrons. The number of aryl methyl sites for hydroxylation is 1. The number of rotatable bonds is 7. The van der Waals surface area contributed by atoms with E-state index < -0.39 is 0 Å². The minimum atomic E-state index is -0.0245. The molecule has 0 spiro atoms. The van der Waals surface area contributed by atoms with Crippen molar-refractivity contribution in [2.75, 3.05) is 6.61 Å². The Morgan fingerprint density at radius 3 is 2.57 bits per heavy atom. The van der Waals surface area contributed by atoms with E-state index in [4.69, 9.17) is 27.9 Å². The van der Waals surface area contributed by atoms with Crippen LogP contribution in [0.2, 0.25) is 10.0 Å². The van der Waals surface area contributed by atoms with Gasteiger partial charge < -0.3 is 10.1 Å². The Morgan fingerprint density at radius 1 is 1.13 bits per heavy atom. The highest BCUT2D eigenvalue weighted by molar-refractivity contribution is 6.35. The van der Waals surface area contributed by atoms with Crippen molar-refractivity contribution in [1.29, 1.82) is 0 Å². The van der Waals surface area contributed by atoms with Crippen molar-refractivity contribution in [3.05, 3.63) is 63.6 Å². The Morgan fingerprint density at radius 2 is 1.87 bits per heavy atom. The Labute approximate surface area is 146 Å². The number of amides is 1. The molecule has 0 atom stereocenters. The average molecular weight is 352 g/mol. The van der Waals surface area contributed by atoms with E-state index in [1.165, 1.54) is 5.56 Å². The van der Waals surface area contributed by atoms with Crippen LogP contribution in [-0.2, 0) is 11.3 Å². The van der Waals surface area contributed by atoms with E-state index in [-0.39, 0.29) is 5.91 Å². The van der Waals surface area contributed by atoms with Crippen LogP contribution >= 0.6 is 23.2 Å². The number of nitrogens with one attached hydrogen (secondary N) is 1. The monoisotopic (exact) mass is 351 g/mol. The Hall–Kier alpha value is -1.71. The zero-order chi connectivity index (χ0) is 16.7. The molecule has 0 saturated carbocycles. The quantitative estimate of drug-likeness (QED) is 0.729. The summed E-state index contributed by atoms with van der Waals surface area (Å²) >= 11 is 11.9. The maximum atomic E-state index is 11.8. The molecule has 2 rings (SSSR count). The van der Waals surface area contributed by atoms with E-state index in [0.29, 0.717) is 36.0 Å². The number of ether oxygens (including phenoxy) is 1. The predicted molar refractivity (Wildman–Crippen MR) is 94.2 cm³/mol. The van der Waals surface area contributed by atoms with E-state index in [2.05, 4.69) is 5.32 Å². The molecule has 0 bridgehead atoms. The molecule has 0 aliphatic carbocycles. The minimum absolute atomic E-state index is 0.0245. The van der Waals surface area contributed by atoms with Crippen LogP contribution in [-0.4, -0.2) is 12.5 Å². The highest BCUT2D eigenvalue weighted by Crippen LogP contribution is 2.20. The van der Waals surface area contributed by atoms with Crippen LogP contribution in [0, 0.1) is 6.92 Å². The number of halogens is 2. The van der Waals surface area contributed by atoms with E-state index >= 15 is 0 Å². The number of carbonyl (C=O) groups is 1. The minimum Gasteiger partial charge on any atom is -0.494 e. The van der Waals surface area contributed by atoms with E-state index in [0.717, 1.165) is 11.3 Å². The van der Waals surface area contributed by atoms with Crippen LogP contribution in [0.1, 0.15) is 24.0 Å². The van der Waals surface area contributed by atoms with Crippen LogP contribution in [0.3, 0.4) is 0 Å². The first-order valence-corrected chi connectivity index (χ1v) is 8.20. The first kappa shape index (κ1) is 17.6. The van der Waals surface area contributed by atoms with Gasteiger partial charge in [0, 0.05) is 23.0 Å². The zero-order valence-electron chi connectivity index (χ0n) is 12.9. The van der Waals surface area contributed by atoms with Crippen molar-refractivity contribution < 1.29 is 9.53 Å². The van der Waals surface area contributed by atoms with E-state index in [1.807, 2.05) is 37.3 Å². The van der Waals surface area contributed by atoms with Gasteiger partial charge in [-0.2, -0.15) is 0 Å². The molecule has 1 N–H and O–H groups in total. The summed E-state index contributed by atoms with van der Waals surface area (Å²) in [5, 5.41) is 3.98. The van der Waals surface area contributed by atoms with Gasteiger partial charge in [-0.15, -0.1) is 0 Å². The van der Waals surface area contributed by atoms with Crippen molar-refractivity contribution >= 4 is 29.1 Å². The summed E-state index contributed by atoms with van der Waals surface area (Å²) in [6.45, 7) is 2.94. The van der Waals surface area contributed by atoms with Gasteiger partial charge in [-0.05, 0) is 43.2 Å². The van der Waals surface area contributed by atoms with Crippen LogP contribution in [0.25, 0.3) is 0 Å². The lowest BCUT2D eigenvalue weighted by molar-refractivity contribution is -0.121. The topological polar surface area (TPSA) is 38.3 Å². The third-order valence-electron chi connectivity index (χ3n) is 3.33. The van der Waals surface area contributed by atoms with E-state index in [9.17, 15) is 4.79 Å². The van der Waals surface area contributed by atoms with Crippen molar-refractivity contribution in [3.8, 4) is 5.75 Å². The third kappa shape index (κ3) is 6.12. The molecule has 0 fully saturated rings. The summed E-state index contributed by atoms with van der Waals surface area (Å²) in [5.41, 5.74) is 2.04. The first-order valence-electron chi connectivity index (χ1n) is 7.44. The van der Waals surface area contributed by atoms with Crippen LogP contribution in [0.15, 0.2) is 42.5 Å². The molecule has 0 heterocycles. The summed E-state index contributed by atoms with van der Waals surface area (Å²) in [5.74, 6) is 0.799. The van der Waals surface area contributed by atoms with Gasteiger partial charge in [0.15, 0.2) is 0 Å². The molecular weight excluding hydrogens is 333 g/mol. The molecule has 0 aromatic heterocycles. The summed E-state index contributed by atoms with van der Waals surface area (Å²) in [6, 6.07) is 13.1. The maximum absolute atomic E-state index is 11.8. The number of carbonyl (C=O) groups excluding carboxylic acids is 1. The van der Waals surface area contributed by atoms with Gasteiger partial charge in [0.05, 0.1) is 6.61 Å². The Kier molecular flexibility index (Phi) is 6.75. The maximum Gasteiger partial charge on any atom is 0.220 e. The number of hydrogen-bond acceptors (Lipinski definition) is 2. The molecule has 3 nitrogen and oxygen atoms in total. The van der Waals surface area contributed by atoms with Gasteiger partial charge in [-0.3, -0.25) is 4.79 Å². The fourth-order valence-electron chi connectivity index (χ4n) is 2.00. The van der Waals surface area contributed by atoms with Gasteiger partial charge in [0.2, 0.25) is 5.91 Å². The van der Waals surface area contributed by atoms with Gasteiger partial charge in [-0.1, -0.05) is 47.0 Å². The van der Waals surface area contributed by atoms with Crippen LogP contribution in [0.4, 0.5) is 0 Å². The normalized spacial score (nSPS) is 10.4. The standard InChI is InChI=1S/C18H19Cl2NO2/c1-13-4-8-16(9-5-13)23-10-2-3-18(22)21-12-14-6-7-15(19)11-17(14)20/h4-9,11H,2-3,10,12H2,1H3,(H,21,22). The molecule has 0 aliphatic rings. The lowest BCUT2D eigenvalue weighted by Gasteiger charge is -2.08. The lowest BCUT2D eigenvalue weighted by Crippen LogP contribution is -2.23. The van der Waals surface area contributed by atoms with Gasteiger partial charge in [-0.25, -0.2) is 0 Å². The second-order valence-electron chi connectivity index (χ2n) is 5.28. The van der Waals surface area contributed by atoms with E-state index in [1.54, 1.807) is 12.1 Å². The molecule has 1 amide bonds. The highest BCUT2D eigenvalue weighted by atomic mass is 35.5. The second-order valence-corrected chi connectivity index (χ2v) is 6.12. The summed E-state index contributed by atoms with van der Waals surface area (Å²) in [6.07, 6.45) is 1.07. The largest absolute Gasteiger partial charge is 0.494 e. The lowest BCUT2D eigenvalue weighted by atomic mass is 10.2. The molecule has 0 aliphatic heterocycles. The SMILES string of the molecule is Cc1ccc(OCCCC(=O)NCc2ccc(Cl)cc2Cl)cc1. The molecule has 5 heteroatoms. The predicted octanol–water partition coefficient (Wildman–Crippen LogP) is 4.78. The third-order valence-corrected chi connectivity index (χ3v) is 3.92. The van der Waals surface area contributed by atoms with Crippen molar-refractivity contribution in [2.45, 2.75) is 26.3 Å². The Bertz CT molecular complexity index is 657. The Balaban J connectivity index is 1.66. The van der Waals surface area contributed by atoms with Crippen molar-refractivity contribution in [1.82, 2.24) is 5.32 Å². The van der Waals surface area contributed by atoms with Gasteiger partial charge in [0.25, 0.3) is 0 Å². The second kappa shape index (κ2) is 8.80. The van der Waals surface area contributed by atoms with Crippen molar-refractivity contribution in [3.63, 3.8) is 0 Å². The van der Waals surface area contributed by atoms with Gasteiger partial charge >= 0.3 is 0 Å². The van der Waals surface area contributed by atoms with Crippen molar-refractivity contribution in [2.24, 2.45) is 0 Å². The zero-order valence-corrected chi connectivity index (χ0v) is 14.5. The fourth-order valence-corrected chi connectivity index (χ4v) is 2.48. The molecule has 0 radical (unpaired) electrons. The highest BCUT2D eigenvalue weighted by Gasteiger charge is 2.05. The number of benzene rings is 2. The molecule has 0 unspecified atom stereocenters. The molecular formula is C18H19Cl2NO2. The smallest absolute Gasteiger partial charge is 0.220 e. The fraction of sp³-hybridized carbons (Fsp3) is 0.278.